The van der Waals surface area contributed by atoms with Crippen molar-refractivity contribution in [2.24, 2.45) is 0 Å². The van der Waals surface area contributed by atoms with E-state index in [1.54, 1.807) is 0 Å². The summed E-state index contributed by atoms with van der Waals surface area (Å²) in [6, 6.07) is 14.9. The van der Waals surface area contributed by atoms with Crippen molar-refractivity contribution in [3.05, 3.63) is 64.7 Å². The van der Waals surface area contributed by atoms with Crippen LogP contribution in [0.15, 0.2) is 48.0 Å². The number of hydrogen-bond donors (Lipinski definition) is 0. The SMILES string of the molecule is COC(=O)CCCc1ccc(OCC2=C(c3ccc4c(c3)CCO4)CCCCC2)cc1. The first-order valence-corrected chi connectivity index (χ1v) is 11.5. The van der Waals surface area contributed by atoms with Gasteiger partial charge in [-0.25, -0.2) is 0 Å². The van der Waals surface area contributed by atoms with Crippen LogP contribution in [-0.2, 0) is 22.4 Å². The summed E-state index contributed by atoms with van der Waals surface area (Å²) in [4.78, 5) is 11.2. The maximum absolute atomic E-state index is 11.2. The van der Waals surface area contributed by atoms with E-state index in [4.69, 9.17) is 14.2 Å². The van der Waals surface area contributed by atoms with Gasteiger partial charge in [-0.15, -0.1) is 0 Å². The van der Waals surface area contributed by atoms with Crippen molar-refractivity contribution in [1.29, 1.82) is 0 Å². The zero-order chi connectivity index (χ0) is 21.5. The topological polar surface area (TPSA) is 44.8 Å². The molecule has 0 atom stereocenters. The molecule has 0 spiro atoms. The number of benzene rings is 2. The van der Waals surface area contributed by atoms with Gasteiger partial charge in [-0.3, -0.25) is 4.79 Å². The predicted octanol–water partition coefficient (Wildman–Crippen LogP) is 5.91. The molecule has 0 saturated carbocycles. The minimum atomic E-state index is -0.150. The Morgan fingerprint density at radius 2 is 1.84 bits per heavy atom. The molecule has 0 aromatic heterocycles. The van der Waals surface area contributed by atoms with E-state index in [-0.39, 0.29) is 5.97 Å². The van der Waals surface area contributed by atoms with Gasteiger partial charge in [-0.1, -0.05) is 24.6 Å². The van der Waals surface area contributed by atoms with Crippen LogP contribution in [0.4, 0.5) is 0 Å². The highest BCUT2D eigenvalue weighted by molar-refractivity contribution is 5.71. The summed E-state index contributed by atoms with van der Waals surface area (Å²) in [5.41, 5.74) is 6.78. The molecular weight excluding hydrogens is 388 g/mol. The first-order chi connectivity index (χ1) is 15.2. The van der Waals surface area contributed by atoms with E-state index in [2.05, 4.69) is 30.3 Å². The van der Waals surface area contributed by atoms with Gasteiger partial charge in [-0.2, -0.15) is 0 Å². The average Bonchev–Trinajstić information content (AvgIpc) is 3.15. The number of ether oxygens (including phenoxy) is 3. The molecule has 0 amide bonds. The highest BCUT2D eigenvalue weighted by atomic mass is 16.5. The molecule has 164 valence electrons. The summed E-state index contributed by atoms with van der Waals surface area (Å²) in [5.74, 6) is 1.79. The highest BCUT2D eigenvalue weighted by Gasteiger charge is 2.18. The second-order valence-corrected chi connectivity index (χ2v) is 8.43. The van der Waals surface area contributed by atoms with Gasteiger partial charge in [0, 0.05) is 12.8 Å². The summed E-state index contributed by atoms with van der Waals surface area (Å²) >= 11 is 0. The van der Waals surface area contributed by atoms with Crippen LogP contribution in [0.3, 0.4) is 0 Å². The molecule has 4 nitrogen and oxygen atoms in total. The van der Waals surface area contributed by atoms with Crippen molar-refractivity contribution >= 4 is 11.5 Å². The van der Waals surface area contributed by atoms with Crippen LogP contribution in [0.5, 0.6) is 11.5 Å². The van der Waals surface area contributed by atoms with E-state index in [1.807, 2.05) is 12.1 Å². The number of fused-ring (bicyclic) bond motifs is 1. The van der Waals surface area contributed by atoms with Crippen molar-refractivity contribution in [3.8, 4) is 11.5 Å². The van der Waals surface area contributed by atoms with E-state index in [0.29, 0.717) is 13.0 Å². The molecule has 1 heterocycles. The second kappa shape index (κ2) is 10.5. The molecule has 2 aromatic rings. The van der Waals surface area contributed by atoms with Crippen LogP contribution in [0.1, 0.15) is 61.6 Å². The Labute approximate surface area is 185 Å². The number of rotatable bonds is 8. The van der Waals surface area contributed by atoms with E-state index < -0.39 is 0 Å². The first-order valence-electron chi connectivity index (χ1n) is 11.5. The Kier molecular flexibility index (Phi) is 7.29. The number of esters is 1. The molecule has 1 aliphatic carbocycles. The van der Waals surface area contributed by atoms with Crippen LogP contribution >= 0.6 is 0 Å². The average molecular weight is 421 g/mol. The molecule has 2 aromatic carbocycles. The van der Waals surface area contributed by atoms with Crippen molar-refractivity contribution in [3.63, 3.8) is 0 Å². The zero-order valence-electron chi connectivity index (χ0n) is 18.5. The third-order valence-corrected chi connectivity index (χ3v) is 6.28. The Bertz CT molecular complexity index is 927. The molecule has 0 radical (unpaired) electrons. The second-order valence-electron chi connectivity index (χ2n) is 8.43. The number of carbonyl (C=O) groups is 1. The van der Waals surface area contributed by atoms with Crippen molar-refractivity contribution in [1.82, 2.24) is 0 Å². The Morgan fingerprint density at radius 3 is 2.68 bits per heavy atom. The zero-order valence-corrected chi connectivity index (χ0v) is 18.5. The number of methoxy groups -OCH3 is 1. The molecule has 4 heteroatoms. The molecule has 0 N–H and O–H groups in total. The molecule has 0 fully saturated rings. The maximum Gasteiger partial charge on any atom is 0.305 e. The van der Waals surface area contributed by atoms with E-state index in [9.17, 15) is 4.79 Å². The van der Waals surface area contributed by atoms with Gasteiger partial charge < -0.3 is 14.2 Å². The van der Waals surface area contributed by atoms with Crippen LogP contribution in [0, 0.1) is 0 Å². The summed E-state index contributed by atoms with van der Waals surface area (Å²) in [7, 11) is 1.43. The first kappa shape index (κ1) is 21.5. The van der Waals surface area contributed by atoms with Gasteiger partial charge in [0.25, 0.3) is 0 Å². The number of allylic oxidation sites excluding steroid dienone is 1. The van der Waals surface area contributed by atoms with Gasteiger partial charge in [0.2, 0.25) is 0 Å². The summed E-state index contributed by atoms with van der Waals surface area (Å²) in [6.07, 6.45) is 9.12. The lowest BCUT2D eigenvalue weighted by Gasteiger charge is -2.15. The summed E-state index contributed by atoms with van der Waals surface area (Å²) in [5, 5.41) is 0. The Morgan fingerprint density at radius 1 is 1.00 bits per heavy atom. The Balaban J connectivity index is 1.41. The third kappa shape index (κ3) is 5.69. The fraction of sp³-hybridized carbons (Fsp3) is 0.444. The summed E-state index contributed by atoms with van der Waals surface area (Å²) in [6.45, 7) is 1.44. The third-order valence-electron chi connectivity index (χ3n) is 6.28. The highest BCUT2D eigenvalue weighted by Crippen LogP contribution is 2.35. The lowest BCUT2D eigenvalue weighted by atomic mass is 9.94. The number of aryl methyl sites for hydroxylation is 1. The molecule has 31 heavy (non-hydrogen) atoms. The lowest BCUT2D eigenvalue weighted by molar-refractivity contribution is -0.140. The van der Waals surface area contributed by atoms with Gasteiger partial charge in [0.1, 0.15) is 18.1 Å². The molecular formula is C27H32O4. The van der Waals surface area contributed by atoms with Crippen molar-refractivity contribution < 1.29 is 19.0 Å². The van der Waals surface area contributed by atoms with Crippen LogP contribution in [0.25, 0.3) is 5.57 Å². The number of carbonyl (C=O) groups excluding carboxylic acids is 1. The van der Waals surface area contributed by atoms with Gasteiger partial charge in [0.15, 0.2) is 0 Å². The maximum atomic E-state index is 11.2. The smallest absolute Gasteiger partial charge is 0.305 e. The number of hydrogen-bond acceptors (Lipinski definition) is 4. The van der Waals surface area contributed by atoms with Crippen LogP contribution in [0.2, 0.25) is 0 Å². The lowest BCUT2D eigenvalue weighted by Crippen LogP contribution is -2.04. The molecule has 0 saturated heterocycles. The van der Waals surface area contributed by atoms with E-state index in [1.165, 1.54) is 54.2 Å². The van der Waals surface area contributed by atoms with Gasteiger partial charge in [-0.05, 0) is 90.6 Å². The molecule has 1 aliphatic heterocycles. The Hall–Kier alpha value is -2.75. The fourth-order valence-electron chi connectivity index (χ4n) is 4.49. The normalized spacial score (nSPS) is 15.8. The van der Waals surface area contributed by atoms with E-state index in [0.717, 1.165) is 50.2 Å². The van der Waals surface area contributed by atoms with Gasteiger partial charge in [0.05, 0.1) is 13.7 Å². The van der Waals surface area contributed by atoms with Crippen LogP contribution in [-0.4, -0.2) is 26.3 Å². The molecule has 0 unspecified atom stereocenters. The van der Waals surface area contributed by atoms with Crippen LogP contribution < -0.4 is 9.47 Å². The summed E-state index contributed by atoms with van der Waals surface area (Å²) < 4.78 is 16.6. The molecule has 4 rings (SSSR count). The van der Waals surface area contributed by atoms with Gasteiger partial charge >= 0.3 is 5.97 Å². The molecule has 2 aliphatic rings. The quantitative estimate of drug-likeness (QED) is 0.498. The standard InChI is InChI=1S/C27H32O4/c1-29-27(28)9-5-6-20-10-13-24(14-11-20)31-19-23-7-3-2-4-8-25(23)21-12-15-26-22(18-21)16-17-30-26/h10-15,18H,2-9,16-17,19H2,1H3. The van der Waals surface area contributed by atoms with Crippen molar-refractivity contribution in [2.75, 3.05) is 20.3 Å². The minimum Gasteiger partial charge on any atom is -0.493 e. The minimum absolute atomic E-state index is 0.150. The monoisotopic (exact) mass is 420 g/mol. The largest absolute Gasteiger partial charge is 0.493 e. The molecule has 0 bridgehead atoms. The van der Waals surface area contributed by atoms with E-state index >= 15 is 0 Å². The van der Waals surface area contributed by atoms with Crippen molar-refractivity contribution in [2.45, 2.75) is 57.8 Å². The fourth-order valence-corrected chi connectivity index (χ4v) is 4.49. The predicted molar refractivity (Wildman–Crippen MR) is 123 cm³/mol.